The molecule has 0 aromatic rings. The van der Waals surface area contributed by atoms with Gasteiger partial charge in [0.15, 0.2) is 0 Å². The molecule has 0 amide bonds. The summed E-state index contributed by atoms with van der Waals surface area (Å²) < 4.78 is 0. The molecule has 0 aliphatic heterocycles. The molecule has 0 aliphatic rings. The van der Waals surface area contributed by atoms with Crippen LogP contribution in [0.5, 0.6) is 0 Å². The van der Waals surface area contributed by atoms with E-state index in [1.807, 2.05) is 10.8 Å². The zero-order valence-corrected chi connectivity index (χ0v) is 9.21. The van der Waals surface area contributed by atoms with Gasteiger partial charge in [-0.05, 0) is 19.1 Å². The molecule has 12 heavy (non-hydrogen) atoms. The maximum atomic E-state index is 10.2. The van der Waals surface area contributed by atoms with Crippen molar-refractivity contribution in [3.8, 4) is 0 Å². The van der Waals surface area contributed by atoms with Crippen molar-refractivity contribution in [2.75, 3.05) is 6.26 Å². The third-order valence-electron chi connectivity index (χ3n) is 1.51. The first-order chi connectivity index (χ1) is 5.66. The van der Waals surface area contributed by atoms with E-state index in [1.54, 1.807) is 10.8 Å². The number of hydrogen-bond acceptors (Lipinski definition) is 3. The Morgan fingerprint density at radius 1 is 1.50 bits per heavy atom. The Balaban J connectivity index is 3.13. The number of aliphatic carboxylic acids is 1. The Labute approximate surface area is 81.9 Å². The molecule has 1 unspecified atom stereocenters. The summed E-state index contributed by atoms with van der Waals surface area (Å²) in [6.45, 7) is 2.18. The zero-order valence-electron chi connectivity index (χ0n) is 7.58. The van der Waals surface area contributed by atoms with Crippen LogP contribution >= 0.6 is 21.6 Å². The van der Waals surface area contributed by atoms with Gasteiger partial charge in [0, 0.05) is 11.7 Å². The molecule has 1 atom stereocenters. The summed E-state index contributed by atoms with van der Waals surface area (Å²) in [5.74, 6) is -0.680. The van der Waals surface area contributed by atoms with E-state index >= 15 is 0 Å². The summed E-state index contributed by atoms with van der Waals surface area (Å²) in [6.07, 6.45) is 5.35. The summed E-state index contributed by atoms with van der Waals surface area (Å²) in [6, 6.07) is 0. The third-order valence-corrected chi connectivity index (χ3v) is 3.83. The highest BCUT2D eigenvalue weighted by atomic mass is 33.1. The van der Waals surface area contributed by atoms with Crippen LogP contribution in [-0.2, 0) is 4.79 Å². The van der Waals surface area contributed by atoms with E-state index < -0.39 is 5.97 Å². The fourth-order valence-corrected chi connectivity index (χ4v) is 2.79. The molecule has 4 heteroatoms. The molecule has 0 saturated carbocycles. The molecule has 0 aliphatic carbocycles. The quantitative estimate of drug-likeness (QED) is 0.515. The lowest BCUT2D eigenvalue weighted by Gasteiger charge is -2.06. The average Bonchev–Trinajstić information content (AvgIpc) is 1.98. The van der Waals surface area contributed by atoms with Crippen molar-refractivity contribution >= 4 is 27.6 Å². The highest BCUT2D eigenvalue weighted by Crippen LogP contribution is 2.26. The minimum absolute atomic E-state index is 0.316. The normalized spacial score (nSPS) is 12.8. The Bertz CT molecular complexity index is 128. The molecule has 0 rings (SSSR count). The predicted octanol–water partition coefficient (Wildman–Crippen LogP) is 3.03. The minimum atomic E-state index is -0.680. The Morgan fingerprint density at radius 3 is 2.67 bits per heavy atom. The number of unbranched alkanes of at least 4 members (excludes halogenated alkanes) is 1. The van der Waals surface area contributed by atoms with Crippen LogP contribution in [0.1, 0.15) is 32.6 Å². The average molecular weight is 208 g/mol. The van der Waals surface area contributed by atoms with Crippen LogP contribution in [-0.4, -0.2) is 22.6 Å². The topological polar surface area (TPSA) is 37.3 Å². The first-order valence-electron chi connectivity index (χ1n) is 4.08. The van der Waals surface area contributed by atoms with Gasteiger partial charge in [0.05, 0.1) is 0 Å². The summed E-state index contributed by atoms with van der Waals surface area (Å²) in [7, 11) is 3.63. The van der Waals surface area contributed by atoms with E-state index in [0.717, 1.165) is 19.3 Å². The molecule has 0 heterocycles. The van der Waals surface area contributed by atoms with Gasteiger partial charge >= 0.3 is 5.97 Å². The molecular weight excluding hydrogens is 192 g/mol. The summed E-state index contributed by atoms with van der Waals surface area (Å²) in [5, 5.41) is 9.02. The van der Waals surface area contributed by atoms with E-state index in [1.165, 1.54) is 0 Å². The van der Waals surface area contributed by atoms with Crippen molar-refractivity contribution in [2.24, 2.45) is 0 Å². The second-order valence-electron chi connectivity index (χ2n) is 2.71. The van der Waals surface area contributed by atoms with Crippen molar-refractivity contribution in [1.82, 2.24) is 0 Å². The first kappa shape index (κ1) is 12.2. The van der Waals surface area contributed by atoms with Gasteiger partial charge in [0.2, 0.25) is 0 Å². The second kappa shape index (κ2) is 7.80. The molecule has 0 fully saturated rings. The SMILES string of the molecule is CSSC(C)CCCCC(=O)O. The van der Waals surface area contributed by atoms with Gasteiger partial charge in [-0.25, -0.2) is 0 Å². The van der Waals surface area contributed by atoms with Gasteiger partial charge < -0.3 is 5.11 Å². The minimum Gasteiger partial charge on any atom is -0.481 e. The molecule has 0 bridgehead atoms. The lowest BCUT2D eigenvalue weighted by molar-refractivity contribution is -0.137. The van der Waals surface area contributed by atoms with Gasteiger partial charge in [0.25, 0.3) is 0 Å². The van der Waals surface area contributed by atoms with Gasteiger partial charge in [-0.1, -0.05) is 34.9 Å². The standard InChI is InChI=1S/C8H16O2S2/c1-7(12-11-2)5-3-4-6-8(9)10/h7H,3-6H2,1-2H3,(H,9,10). The van der Waals surface area contributed by atoms with Crippen LogP contribution in [0.2, 0.25) is 0 Å². The van der Waals surface area contributed by atoms with Crippen LogP contribution in [0.4, 0.5) is 0 Å². The van der Waals surface area contributed by atoms with E-state index in [9.17, 15) is 4.79 Å². The lowest BCUT2D eigenvalue weighted by atomic mass is 10.1. The van der Waals surface area contributed by atoms with Crippen molar-refractivity contribution in [1.29, 1.82) is 0 Å². The van der Waals surface area contributed by atoms with Gasteiger partial charge in [0.1, 0.15) is 0 Å². The maximum absolute atomic E-state index is 10.2. The summed E-state index contributed by atoms with van der Waals surface area (Å²) in [5.41, 5.74) is 0. The van der Waals surface area contributed by atoms with Crippen LogP contribution in [0, 0.1) is 0 Å². The van der Waals surface area contributed by atoms with Crippen LogP contribution in [0.15, 0.2) is 0 Å². The predicted molar refractivity (Wildman–Crippen MR) is 56.7 cm³/mol. The molecule has 0 aromatic carbocycles. The van der Waals surface area contributed by atoms with Crippen molar-refractivity contribution < 1.29 is 9.90 Å². The molecular formula is C8H16O2S2. The summed E-state index contributed by atoms with van der Waals surface area (Å²) >= 11 is 0. The number of carboxylic acid groups (broad SMARTS) is 1. The Morgan fingerprint density at radius 2 is 2.17 bits per heavy atom. The molecule has 72 valence electrons. The molecule has 0 saturated heterocycles. The number of carboxylic acids is 1. The van der Waals surface area contributed by atoms with Crippen LogP contribution < -0.4 is 0 Å². The number of rotatable bonds is 7. The Hall–Kier alpha value is 0.170. The second-order valence-corrected chi connectivity index (χ2v) is 5.62. The van der Waals surface area contributed by atoms with E-state index in [4.69, 9.17) is 5.11 Å². The van der Waals surface area contributed by atoms with Crippen LogP contribution in [0.25, 0.3) is 0 Å². The monoisotopic (exact) mass is 208 g/mol. The lowest BCUT2D eigenvalue weighted by Crippen LogP contribution is -1.97. The maximum Gasteiger partial charge on any atom is 0.303 e. The van der Waals surface area contributed by atoms with Gasteiger partial charge in [-0.2, -0.15) is 0 Å². The third kappa shape index (κ3) is 8.27. The van der Waals surface area contributed by atoms with Gasteiger partial charge in [-0.3, -0.25) is 4.79 Å². The van der Waals surface area contributed by atoms with Gasteiger partial charge in [-0.15, -0.1) is 0 Å². The molecule has 0 aromatic heterocycles. The fourth-order valence-electron chi connectivity index (χ4n) is 0.920. The largest absolute Gasteiger partial charge is 0.481 e. The number of hydrogen-bond donors (Lipinski definition) is 1. The molecule has 0 spiro atoms. The van der Waals surface area contributed by atoms with E-state index in [0.29, 0.717) is 11.7 Å². The smallest absolute Gasteiger partial charge is 0.303 e. The van der Waals surface area contributed by atoms with Crippen LogP contribution in [0.3, 0.4) is 0 Å². The highest BCUT2D eigenvalue weighted by molar-refractivity contribution is 8.76. The molecule has 1 N–H and O–H groups in total. The van der Waals surface area contributed by atoms with Crippen molar-refractivity contribution in [2.45, 2.75) is 37.9 Å². The Kier molecular flexibility index (Phi) is 7.91. The van der Waals surface area contributed by atoms with Crippen molar-refractivity contribution in [3.05, 3.63) is 0 Å². The molecule has 2 nitrogen and oxygen atoms in total. The fraction of sp³-hybridized carbons (Fsp3) is 0.875. The van der Waals surface area contributed by atoms with E-state index in [-0.39, 0.29) is 0 Å². The van der Waals surface area contributed by atoms with E-state index in [2.05, 4.69) is 13.2 Å². The summed E-state index contributed by atoms with van der Waals surface area (Å²) in [4.78, 5) is 10.2. The number of carbonyl (C=O) groups is 1. The first-order valence-corrected chi connectivity index (χ1v) is 6.70. The van der Waals surface area contributed by atoms with Crippen molar-refractivity contribution in [3.63, 3.8) is 0 Å². The zero-order chi connectivity index (χ0) is 9.40. The molecule has 0 radical (unpaired) electrons. The highest BCUT2D eigenvalue weighted by Gasteiger charge is 2.02.